The van der Waals surface area contributed by atoms with Gasteiger partial charge in [-0.2, -0.15) is 0 Å². The molecule has 2 aliphatic rings. The quantitative estimate of drug-likeness (QED) is 0.886. The molecule has 1 spiro atoms. The van der Waals surface area contributed by atoms with Crippen LogP contribution in [0.5, 0.6) is 0 Å². The van der Waals surface area contributed by atoms with Gasteiger partial charge in [0.15, 0.2) is 0 Å². The number of piperidine rings is 2. The number of benzene rings is 1. The minimum absolute atomic E-state index is 0.0160. The zero-order valence-corrected chi connectivity index (χ0v) is 16.1. The maximum atomic E-state index is 12.9. The molecule has 3 heterocycles. The lowest BCUT2D eigenvalue weighted by atomic mass is 9.72. The summed E-state index contributed by atoms with van der Waals surface area (Å²) in [5.74, 6) is 1.53. The Morgan fingerprint density at radius 1 is 1.19 bits per heavy atom. The Balaban J connectivity index is 1.68. The number of fused-ring (bicyclic) bond motifs is 1. The van der Waals surface area contributed by atoms with Gasteiger partial charge in [0.05, 0.1) is 17.1 Å². The summed E-state index contributed by atoms with van der Waals surface area (Å²) in [4.78, 5) is 23.4. The first-order valence-electron chi connectivity index (χ1n) is 9.94. The summed E-state index contributed by atoms with van der Waals surface area (Å²) in [6.45, 7) is 9.48. The van der Waals surface area contributed by atoms with Crippen LogP contribution in [0.3, 0.4) is 0 Å². The van der Waals surface area contributed by atoms with E-state index in [4.69, 9.17) is 4.98 Å². The summed E-state index contributed by atoms with van der Waals surface area (Å²) < 4.78 is 0. The second-order valence-electron chi connectivity index (χ2n) is 8.60. The van der Waals surface area contributed by atoms with Crippen molar-refractivity contribution in [3.8, 4) is 0 Å². The monoisotopic (exact) mass is 354 g/mol. The zero-order chi connectivity index (χ0) is 18.3. The highest BCUT2D eigenvalue weighted by atomic mass is 16.2. The van der Waals surface area contributed by atoms with Crippen molar-refractivity contribution < 1.29 is 4.79 Å². The molecule has 140 valence electrons. The minimum atomic E-state index is 0.0160. The summed E-state index contributed by atoms with van der Waals surface area (Å²) in [5.41, 5.74) is 3.55. The van der Waals surface area contributed by atoms with Crippen LogP contribution in [0.1, 0.15) is 57.0 Å². The number of hydrogen-bond acceptors (Lipinski definition) is 3. The van der Waals surface area contributed by atoms with Gasteiger partial charge in [0.2, 0.25) is 5.91 Å². The molecule has 2 saturated heterocycles. The summed E-state index contributed by atoms with van der Waals surface area (Å²) in [7, 11) is 0. The van der Waals surface area contributed by atoms with Gasteiger partial charge in [0.1, 0.15) is 5.82 Å². The van der Waals surface area contributed by atoms with Crippen LogP contribution in [-0.2, 0) is 4.79 Å². The zero-order valence-electron chi connectivity index (χ0n) is 16.1. The number of hydrogen-bond donors (Lipinski definition) is 2. The van der Waals surface area contributed by atoms with Crippen molar-refractivity contribution in [3.63, 3.8) is 0 Å². The van der Waals surface area contributed by atoms with E-state index in [1.807, 2.05) is 0 Å². The van der Waals surface area contributed by atoms with Crippen LogP contribution in [0.4, 0.5) is 0 Å². The van der Waals surface area contributed by atoms with Gasteiger partial charge < -0.3 is 15.2 Å². The number of nitrogens with one attached hydrogen (secondary N) is 2. The van der Waals surface area contributed by atoms with Crippen LogP contribution < -0.4 is 5.32 Å². The molecule has 2 N–H and O–H groups in total. The molecule has 5 heteroatoms. The number of carbonyl (C=O) groups is 1. The number of rotatable bonds is 3. The number of carbonyl (C=O) groups excluding carboxylic acids is 1. The van der Waals surface area contributed by atoms with E-state index in [2.05, 4.69) is 54.2 Å². The molecule has 26 heavy (non-hydrogen) atoms. The fourth-order valence-electron chi connectivity index (χ4n) is 4.77. The van der Waals surface area contributed by atoms with Crippen molar-refractivity contribution >= 4 is 16.9 Å². The molecule has 2 fully saturated rings. The minimum Gasteiger partial charge on any atom is -0.340 e. The number of likely N-dealkylation sites (tertiary alicyclic amines) is 1. The number of nitrogens with zero attached hydrogens (tertiary/aromatic N) is 2. The second-order valence-corrected chi connectivity index (χ2v) is 8.60. The summed E-state index contributed by atoms with van der Waals surface area (Å²) in [6, 6.07) is 6.30. The van der Waals surface area contributed by atoms with E-state index in [1.54, 1.807) is 0 Å². The highest BCUT2D eigenvalue weighted by Gasteiger charge is 2.43. The molecule has 1 unspecified atom stereocenters. The van der Waals surface area contributed by atoms with Crippen molar-refractivity contribution in [2.24, 2.45) is 11.3 Å². The Morgan fingerprint density at radius 2 is 1.96 bits per heavy atom. The van der Waals surface area contributed by atoms with Crippen molar-refractivity contribution in [1.29, 1.82) is 0 Å². The fourth-order valence-corrected chi connectivity index (χ4v) is 4.77. The van der Waals surface area contributed by atoms with Crippen molar-refractivity contribution in [2.75, 3.05) is 19.6 Å². The van der Waals surface area contributed by atoms with Crippen LogP contribution >= 0.6 is 0 Å². The second kappa shape index (κ2) is 6.69. The molecule has 2 aromatic rings. The van der Waals surface area contributed by atoms with Gasteiger partial charge in [0, 0.05) is 13.0 Å². The van der Waals surface area contributed by atoms with Gasteiger partial charge >= 0.3 is 0 Å². The molecule has 0 saturated carbocycles. The van der Waals surface area contributed by atoms with Crippen LogP contribution in [0.15, 0.2) is 18.2 Å². The molecule has 0 bridgehead atoms. The maximum Gasteiger partial charge on any atom is 0.223 e. The first-order chi connectivity index (χ1) is 12.5. The van der Waals surface area contributed by atoms with E-state index in [0.29, 0.717) is 12.3 Å². The first kappa shape index (κ1) is 17.5. The number of aromatic amines is 1. The molecule has 4 rings (SSSR count). The van der Waals surface area contributed by atoms with Crippen molar-refractivity contribution in [2.45, 2.75) is 52.5 Å². The van der Waals surface area contributed by atoms with E-state index in [-0.39, 0.29) is 17.4 Å². The Bertz CT molecular complexity index is 803. The molecule has 1 aromatic heterocycles. The number of H-pyrrole nitrogens is 1. The molecule has 0 radical (unpaired) electrons. The third-order valence-electron chi connectivity index (χ3n) is 6.26. The van der Waals surface area contributed by atoms with Crippen LogP contribution in [-0.4, -0.2) is 40.4 Å². The van der Waals surface area contributed by atoms with E-state index in [1.165, 1.54) is 18.4 Å². The summed E-state index contributed by atoms with van der Waals surface area (Å²) in [5, 5.41) is 3.47. The lowest BCUT2D eigenvalue weighted by molar-refractivity contribution is -0.143. The third-order valence-corrected chi connectivity index (χ3v) is 6.26. The van der Waals surface area contributed by atoms with Crippen molar-refractivity contribution in [3.05, 3.63) is 29.6 Å². The van der Waals surface area contributed by atoms with Gasteiger partial charge in [-0.3, -0.25) is 4.79 Å². The van der Waals surface area contributed by atoms with E-state index >= 15 is 0 Å². The highest BCUT2D eigenvalue weighted by molar-refractivity contribution is 5.79. The number of amides is 1. The van der Waals surface area contributed by atoms with Gasteiger partial charge in [-0.1, -0.05) is 19.9 Å². The Kier molecular flexibility index (Phi) is 4.51. The largest absolute Gasteiger partial charge is 0.340 e. The van der Waals surface area contributed by atoms with Crippen LogP contribution in [0.25, 0.3) is 11.0 Å². The van der Waals surface area contributed by atoms with E-state index in [0.717, 1.165) is 42.9 Å². The topological polar surface area (TPSA) is 61.0 Å². The standard InChI is InChI=1S/C21H30N4O/c1-14(2)19(20-23-16-5-4-15(3)12-17(16)24-20)25-13-21(7-6-18(25)26)8-10-22-11-9-21/h4-5,12,14,19,22H,6-11,13H2,1-3H3,(H,23,24). The first-order valence-corrected chi connectivity index (χ1v) is 9.94. The maximum absolute atomic E-state index is 12.9. The lowest BCUT2D eigenvalue weighted by Crippen LogP contribution is -2.52. The fraction of sp³-hybridized carbons (Fsp3) is 0.619. The molecule has 2 aliphatic heterocycles. The SMILES string of the molecule is Cc1ccc2nc(C(C(C)C)N3CC4(CCNCC4)CCC3=O)[nH]c2c1. The van der Waals surface area contributed by atoms with Gasteiger partial charge in [-0.25, -0.2) is 4.98 Å². The molecular formula is C21H30N4O. The van der Waals surface area contributed by atoms with Gasteiger partial charge in [-0.15, -0.1) is 0 Å². The van der Waals surface area contributed by atoms with Gasteiger partial charge in [-0.05, 0) is 68.3 Å². The average molecular weight is 354 g/mol. The predicted molar refractivity (Wildman–Crippen MR) is 104 cm³/mol. The van der Waals surface area contributed by atoms with E-state index in [9.17, 15) is 4.79 Å². The summed E-state index contributed by atoms with van der Waals surface area (Å²) >= 11 is 0. The molecular weight excluding hydrogens is 324 g/mol. The molecule has 0 aliphatic carbocycles. The normalized spacial score (nSPS) is 21.7. The number of aromatic nitrogens is 2. The molecule has 1 amide bonds. The predicted octanol–water partition coefficient (Wildman–Crippen LogP) is 3.56. The smallest absolute Gasteiger partial charge is 0.223 e. The Hall–Kier alpha value is -1.88. The highest BCUT2D eigenvalue weighted by Crippen LogP contribution is 2.42. The molecule has 1 aromatic carbocycles. The molecule has 1 atom stereocenters. The van der Waals surface area contributed by atoms with E-state index < -0.39 is 0 Å². The number of aryl methyl sites for hydroxylation is 1. The molecule has 5 nitrogen and oxygen atoms in total. The van der Waals surface area contributed by atoms with Gasteiger partial charge in [0.25, 0.3) is 0 Å². The van der Waals surface area contributed by atoms with Crippen molar-refractivity contribution in [1.82, 2.24) is 20.2 Å². The number of imidazole rings is 1. The Labute approximate surface area is 155 Å². The Morgan fingerprint density at radius 3 is 2.69 bits per heavy atom. The lowest BCUT2D eigenvalue weighted by Gasteiger charge is -2.48. The third kappa shape index (κ3) is 3.13. The summed E-state index contributed by atoms with van der Waals surface area (Å²) in [6.07, 6.45) is 4.04. The van der Waals surface area contributed by atoms with Crippen LogP contribution in [0.2, 0.25) is 0 Å². The van der Waals surface area contributed by atoms with Crippen LogP contribution in [0, 0.1) is 18.3 Å². The average Bonchev–Trinajstić information content (AvgIpc) is 3.01.